The van der Waals surface area contributed by atoms with Crippen LogP contribution < -0.4 is 0 Å². The van der Waals surface area contributed by atoms with Gasteiger partial charge in [-0.3, -0.25) is 0 Å². The van der Waals surface area contributed by atoms with Gasteiger partial charge in [-0.05, 0) is 18.3 Å². The Morgan fingerprint density at radius 3 is 2.30 bits per heavy atom. The molecule has 1 rings (SSSR count). The van der Waals surface area contributed by atoms with Crippen molar-refractivity contribution in [2.75, 3.05) is 0 Å². The lowest BCUT2D eigenvalue weighted by molar-refractivity contribution is -0.0803. The molecule has 2 heteroatoms. The normalized spacial score (nSPS) is 39.6. The van der Waals surface area contributed by atoms with E-state index < -0.39 is 12.2 Å². The molecule has 1 aliphatic carbocycles. The van der Waals surface area contributed by atoms with Gasteiger partial charge in [0.2, 0.25) is 0 Å². The summed E-state index contributed by atoms with van der Waals surface area (Å²) in [6.07, 6.45) is 1.78. The van der Waals surface area contributed by atoms with Crippen LogP contribution >= 0.6 is 0 Å². The highest BCUT2D eigenvalue weighted by atomic mass is 16.3. The number of hydrogen-bond acceptors (Lipinski definition) is 2. The molecule has 0 aromatic carbocycles. The Labute approximate surface area is 61.9 Å². The van der Waals surface area contributed by atoms with E-state index in [0.717, 1.165) is 19.3 Å². The lowest BCUT2D eigenvalue weighted by atomic mass is 9.74. The van der Waals surface area contributed by atoms with Crippen molar-refractivity contribution in [1.29, 1.82) is 0 Å². The first-order valence-corrected chi connectivity index (χ1v) is 3.90. The molecule has 2 N–H and O–H groups in total. The molecule has 2 nitrogen and oxygen atoms in total. The summed E-state index contributed by atoms with van der Waals surface area (Å²) in [6.45, 7) is 4.00. The molecule has 2 atom stereocenters. The summed E-state index contributed by atoms with van der Waals surface area (Å²) in [5.74, 6) is 0. The molecule has 0 radical (unpaired) electrons. The molecule has 1 fully saturated rings. The number of rotatable bonds is 0. The van der Waals surface area contributed by atoms with Gasteiger partial charge < -0.3 is 10.2 Å². The quantitative estimate of drug-likeness (QED) is 0.530. The Bertz CT molecular complexity index is 120. The van der Waals surface area contributed by atoms with E-state index in [1.807, 2.05) is 13.8 Å². The minimum Gasteiger partial charge on any atom is -0.390 e. The minimum absolute atomic E-state index is 0.0856. The molecule has 2 unspecified atom stereocenters. The first-order valence-electron chi connectivity index (χ1n) is 3.90. The fourth-order valence-corrected chi connectivity index (χ4v) is 1.59. The highest BCUT2D eigenvalue weighted by Gasteiger charge is 2.36. The molecular weight excluding hydrogens is 128 g/mol. The first-order chi connectivity index (χ1) is 4.54. The SMILES string of the molecule is CC1(C)CCCC(O)C1O. The van der Waals surface area contributed by atoms with Crippen LogP contribution in [0, 0.1) is 5.41 Å². The van der Waals surface area contributed by atoms with Crippen LogP contribution in [0.4, 0.5) is 0 Å². The topological polar surface area (TPSA) is 40.5 Å². The van der Waals surface area contributed by atoms with Gasteiger partial charge in [-0.15, -0.1) is 0 Å². The molecule has 0 spiro atoms. The standard InChI is InChI=1S/C8H16O2/c1-8(2)5-3-4-6(9)7(8)10/h6-7,9-10H,3-5H2,1-2H3. The lowest BCUT2D eigenvalue weighted by Gasteiger charge is -2.38. The van der Waals surface area contributed by atoms with E-state index >= 15 is 0 Å². The largest absolute Gasteiger partial charge is 0.390 e. The third-order valence-corrected chi connectivity index (χ3v) is 2.49. The summed E-state index contributed by atoms with van der Waals surface area (Å²) >= 11 is 0. The summed E-state index contributed by atoms with van der Waals surface area (Å²) in [5, 5.41) is 18.7. The predicted molar refractivity (Wildman–Crippen MR) is 39.6 cm³/mol. The molecule has 0 saturated heterocycles. The van der Waals surface area contributed by atoms with Gasteiger partial charge in [-0.1, -0.05) is 20.3 Å². The summed E-state index contributed by atoms with van der Waals surface area (Å²) < 4.78 is 0. The summed E-state index contributed by atoms with van der Waals surface area (Å²) in [5.41, 5.74) is -0.0856. The van der Waals surface area contributed by atoms with Crippen LogP contribution in [0.1, 0.15) is 33.1 Å². The average Bonchev–Trinajstić information content (AvgIpc) is 1.83. The summed E-state index contributed by atoms with van der Waals surface area (Å²) in [4.78, 5) is 0. The van der Waals surface area contributed by atoms with Crippen LogP contribution in [-0.2, 0) is 0 Å². The van der Waals surface area contributed by atoms with Gasteiger partial charge >= 0.3 is 0 Å². The summed E-state index contributed by atoms with van der Waals surface area (Å²) in [6, 6.07) is 0. The Hall–Kier alpha value is -0.0800. The smallest absolute Gasteiger partial charge is 0.0849 e. The van der Waals surface area contributed by atoms with Crippen molar-refractivity contribution in [2.24, 2.45) is 5.41 Å². The van der Waals surface area contributed by atoms with Gasteiger partial charge in [-0.2, -0.15) is 0 Å². The lowest BCUT2D eigenvalue weighted by Crippen LogP contribution is -2.42. The molecule has 10 heavy (non-hydrogen) atoms. The fraction of sp³-hybridized carbons (Fsp3) is 1.00. The molecule has 0 bridgehead atoms. The van der Waals surface area contributed by atoms with Crippen LogP contribution in [0.2, 0.25) is 0 Å². The second-order valence-corrected chi connectivity index (χ2v) is 3.89. The van der Waals surface area contributed by atoms with E-state index in [0.29, 0.717) is 0 Å². The van der Waals surface area contributed by atoms with Crippen molar-refractivity contribution < 1.29 is 10.2 Å². The van der Waals surface area contributed by atoms with Gasteiger partial charge in [0.15, 0.2) is 0 Å². The highest BCUT2D eigenvalue weighted by Crippen LogP contribution is 2.35. The molecule has 0 heterocycles. The van der Waals surface area contributed by atoms with Gasteiger partial charge in [0.25, 0.3) is 0 Å². The van der Waals surface area contributed by atoms with E-state index in [-0.39, 0.29) is 5.41 Å². The maximum absolute atomic E-state index is 9.46. The molecule has 0 amide bonds. The van der Waals surface area contributed by atoms with Gasteiger partial charge in [0.05, 0.1) is 12.2 Å². The second kappa shape index (κ2) is 2.51. The molecule has 1 saturated carbocycles. The average molecular weight is 144 g/mol. The fourth-order valence-electron chi connectivity index (χ4n) is 1.59. The maximum Gasteiger partial charge on any atom is 0.0849 e. The van der Waals surface area contributed by atoms with Crippen molar-refractivity contribution in [2.45, 2.75) is 45.3 Å². The second-order valence-electron chi connectivity index (χ2n) is 3.89. The zero-order valence-electron chi connectivity index (χ0n) is 6.67. The van der Waals surface area contributed by atoms with Crippen LogP contribution in [-0.4, -0.2) is 22.4 Å². The van der Waals surface area contributed by atoms with Gasteiger partial charge in [0, 0.05) is 0 Å². The minimum atomic E-state index is -0.527. The Balaban J connectivity index is 2.60. The van der Waals surface area contributed by atoms with Crippen molar-refractivity contribution in [3.63, 3.8) is 0 Å². The van der Waals surface area contributed by atoms with Gasteiger partial charge in [-0.25, -0.2) is 0 Å². The van der Waals surface area contributed by atoms with Crippen molar-refractivity contribution >= 4 is 0 Å². The van der Waals surface area contributed by atoms with Crippen LogP contribution in [0.5, 0.6) is 0 Å². The van der Waals surface area contributed by atoms with E-state index in [1.165, 1.54) is 0 Å². The molecule has 0 aliphatic heterocycles. The van der Waals surface area contributed by atoms with E-state index in [4.69, 9.17) is 0 Å². The maximum atomic E-state index is 9.46. The Kier molecular flexibility index (Phi) is 2.02. The molecule has 0 aromatic rings. The zero-order chi connectivity index (χ0) is 7.78. The third-order valence-electron chi connectivity index (χ3n) is 2.49. The van der Waals surface area contributed by atoms with Crippen LogP contribution in [0.15, 0.2) is 0 Å². The van der Waals surface area contributed by atoms with Crippen molar-refractivity contribution in [1.82, 2.24) is 0 Å². The summed E-state index contributed by atoms with van der Waals surface area (Å²) in [7, 11) is 0. The number of aliphatic hydroxyl groups excluding tert-OH is 2. The predicted octanol–water partition coefficient (Wildman–Crippen LogP) is 0.918. The molecule has 60 valence electrons. The van der Waals surface area contributed by atoms with Crippen molar-refractivity contribution in [3.8, 4) is 0 Å². The monoisotopic (exact) mass is 144 g/mol. The van der Waals surface area contributed by atoms with E-state index in [1.54, 1.807) is 0 Å². The van der Waals surface area contributed by atoms with Crippen molar-refractivity contribution in [3.05, 3.63) is 0 Å². The first kappa shape index (κ1) is 8.02. The van der Waals surface area contributed by atoms with Crippen LogP contribution in [0.3, 0.4) is 0 Å². The molecular formula is C8H16O2. The van der Waals surface area contributed by atoms with Gasteiger partial charge in [0.1, 0.15) is 0 Å². The number of hydrogen-bond donors (Lipinski definition) is 2. The third kappa shape index (κ3) is 1.32. The molecule has 0 aromatic heterocycles. The Morgan fingerprint density at radius 2 is 1.90 bits per heavy atom. The molecule has 1 aliphatic rings. The highest BCUT2D eigenvalue weighted by molar-refractivity contribution is 4.87. The number of aliphatic hydroxyl groups is 2. The van der Waals surface area contributed by atoms with Crippen LogP contribution in [0.25, 0.3) is 0 Å². The van der Waals surface area contributed by atoms with E-state index in [9.17, 15) is 10.2 Å². The Morgan fingerprint density at radius 1 is 1.30 bits per heavy atom. The van der Waals surface area contributed by atoms with E-state index in [2.05, 4.69) is 0 Å². The zero-order valence-corrected chi connectivity index (χ0v) is 6.67.